The van der Waals surface area contributed by atoms with Crippen LogP contribution in [0.4, 0.5) is 5.69 Å². The highest BCUT2D eigenvalue weighted by atomic mass is 79.9. The molecule has 1 amide bonds. The summed E-state index contributed by atoms with van der Waals surface area (Å²) in [6, 6.07) is 12.5. The fraction of sp³-hybridized carbons (Fsp3) is 0.0500. The Morgan fingerprint density at radius 1 is 1.17 bits per heavy atom. The Morgan fingerprint density at radius 3 is 2.69 bits per heavy atom. The van der Waals surface area contributed by atoms with Gasteiger partial charge in [0.15, 0.2) is 0 Å². The Hall–Kier alpha value is -2.19. The number of benzene rings is 2. The van der Waals surface area contributed by atoms with Crippen molar-refractivity contribution in [3.05, 3.63) is 79.0 Å². The fourth-order valence-corrected chi connectivity index (χ4v) is 4.37. The number of nitrogens with zero attached hydrogens (tertiary/aromatic N) is 2. The minimum atomic E-state index is -0.405. The van der Waals surface area contributed by atoms with Crippen molar-refractivity contribution in [3.8, 4) is 11.1 Å². The van der Waals surface area contributed by atoms with Gasteiger partial charge in [-0.3, -0.25) is 14.2 Å². The highest BCUT2D eigenvalue weighted by Crippen LogP contribution is 2.31. The Labute approximate surface area is 188 Å². The maximum atomic E-state index is 13.1. The number of hydrogen-bond donors (Lipinski definition) is 1. The number of rotatable bonds is 4. The van der Waals surface area contributed by atoms with E-state index in [1.807, 2.05) is 29.6 Å². The van der Waals surface area contributed by atoms with Crippen molar-refractivity contribution in [2.45, 2.75) is 6.54 Å². The Kier molecular flexibility index (Phi) is 5.74. The van der Waals surface area contributed by atoms with E-state index in [1.165, 1.54) is 22.2 Å². The number of nitrogens with one attached hydrogen (secondary N) is 1. The van der Waals surface area contributed by atoms with Gasteiger partial charge in [0, 0.05) is 20.4 Å². The molecule has 0 atom stereocenters. The van der Waals surface area contributed by atoms with E-state index in [2.05, 4.69) is 26.2 Å². The third-order valence-electron chi connectivity index (χ3n) is 4.23. The summed E-state index contributed by atoms with van der Waals surface area (Å²) in [7, 11) is 0. The molecule has 2 aromatic heterocycles. The molecule has 4 aromatic rings. The molecule has 0 saturated heterocycles. The highest BCUT2D eigenvalue weighted by molar-refractivity contribution is 9.10. The average molecular weight is 509 g/mol. The van der Waals surface area contributed by atoms with Crippen LogP contribution in [-0.4, -0.2) is 15.5 Å². The number of carbonyl (C=O) groups excluding carboxylic acids is 1. The summed E-state index contributed by atoms with van der Waals surface area (Å²) in [5, 5.41) is 5.88. The third kappa shape index (κ3) is 4.23. The summed E-state index contributed by atoms with van der Waals surface area (Å²) >= 11 is 16.8. The number of carbonyl (C=O) groups is 1. The summed E-state index contributed by atoms with van der Waals surface area (Å²) in [6.07, 6.45) is 1.38. The Bertz CT molecular complexity index is 1290. The second-order valence-corrected chi connectivity index (χ2v) is 8.80. The molecule has 4 rings (SSSR count). The number of anilines is 1. The minimum absolute atomic E-state index is 0.194. The molecule has 0 saturated carbocycles. The van der Waals surface area contributed by atoms with Gasteiger partial charge in [0.1, 0.15) is 11.4 Å². The van der Waals surface area contributed by atoms with E-state index in [0.29, 0.717) is 25.9 Å². The molecule has 5 nitrogen and oxygen atoms in total. The second kappa shape index (κ2) is 8.28. The van der Waals surface area contributed by atoms with Crippen LogP contribution in [-0.2, 0) is 11.3 Å². The lowest BCUT2D eigenvalue weighted by Gasteiger charge is -2.09. The molecule has 0 aliphatic rings. The SMILES string of the molecule is O=C(Cn1cnc2scc(-c3ccc(Br)cc3)c2c1=O)Nc1cc(Cl)ccc1Cl. The highest BCUT2D eigenvalue weighted by Gasteiger charge is 2.15. The van der Waals surface area contributed by atoms with Gasteiger partial charge in [-0.2, -0.15) is 0 Å². The first-order valence-electron chi connectivity index (χ1n) is 8.40. The standard InChI is InChI=1S/C20H12BrCl2N3O2S/c21-12-3-1-11(2-4-12)14-9-29-19-18(14)20(28)26(10-24-19)8-17(27)25-16-7-13(22)5-6-15(16)23/h1-7,9-10H,8H2,(H,25,27). The van der Waals surface area contributed by atoms with Crippen LogP contribution in [0.1, 0.15) is 0 Å². The normalized spacial score (nSPS) is 11.0. The Morgan fingerprint density at radius 2 is 1.93 bits per heavy atom. The van der Waals surface area contributed by atoms with Crippen molar-refractivity contribution in [2.24, 2.45) is 0 Å². The molecule has 1 N–H and O–H groups in total. The van der Waals surface area contributed by atoms with E-state index in [9.17, 15) is 9.59 Å². The fourth-order valence-electron chi connectivity index (χ4n) is 2.86. The van der Waals surface area contributed by atoms with Crippen molar-refractivity contribution < 1.29 is 4.79 Å². The maximum Gasteiger partial charge on any atom is 0.263 e. The molecule has 0 radical (unpaired) electrons. The van der Waals surface area contributed by atoms with Crippen LogP contribution in [0.3, 0.4) is 0 Å². The van der Waals surface area contributed by atoms with Gasteiger partial charge in [-0.15, -0.1) is 11.3 Å². The molecule has 0 aliphatic heterocycles. The van der Waals surface area contributed by atoms with Crippen LogP contribution in [0.15, 0.2) is 63.4 Å². The van der Waals surface area contributed by atoms with Gasteiger partial charge in [-0.1, -0.05) is 51.3 Å². The summed E-state index contributed by atoms with van der Waals surface area (Å²) in [5.41, 5.74) is 1.81. The molecule has 2 heterocycles. The predicted octanol–water partition coefficient (Wildman–Crippen LogP) is 5.83. The first kappa shape index (κ1) is 20.1. The van der Waals surface area contributed by atoms with Crippen LogP contribution in [0.25, 0.3) is 21.3 Å². The number of thiophene rings is 1. The molecule has 9 heteroatoms. The lowest BCUT2D eigenvalue weighted by molar-refractivity contribution is -0.116. The van der Waals surface area contributed by atoms with E-state index in [-0.39, 0.29) is 12.1 Å². The molecule has 2 aromatic carbocycles. The Balaban J connectivity index is 1.66. The number of hydrogen-bond acceptors (Lipinski definition) is 4. The van der Waals surface area contributed by atoms with Gasteiger partial charge in [0.2, 0.25) is 5.91 Å². The van der Waals surface area contributed by atoms with Crippen molar-refractivity contribution in [2.75, 3.05) is 5.32 Å². The summed E-state index contributed by atoms with van der Waals surface area (Å²) < 4.78 is 2.23. The molecule has 0 spiro atoms. The zero-order chi connectivity index (χ0) is 20.5. The third-order valence-corrected chi connectivity index (χ3v) is 6.21. The zero-order valence-electron chi connectivity index (χ0n) is 14.7. The number of amides is 1. The van der Waals surface area contributed by atoms with Gasteiger partial charge in [0.05, 0.1) is 22.4 Å². The van der Waals surface area contributed by atoms with E-state index < -0.39 is 5.91 Å². The summed E-state index contributed by atoms with van der Waals surface area (Å²) in [4.78, 5) is 30.5. The van der Waals surface area contributed by atoms with Gasteiger partial charge in [-0.25, -0.2) is 4.98 Å². The quantitative estimate of drug-likeness (QED) is 0.377. The lowest BCUT2D eigenvalue weighted by Crippen LogP contribution is -2.27. The van der Waals surface area contributed by atoms with Crippen LogP contribution >= 0.6 is 50.5 Å². The van der Waals surface area contributed by atoms with Crippen molar-refractivity contribution in [1.82, 2.24) is 9.55 Å². The van der Waals surface area contributed by atoms with E-state index >= 15 is 0 Å². The molecule has 0 bridgehead atoms. The van der Waals surface area contributed by atoms with Gasteiger partial charge in [0.25, 0.3) is 5.56 Å². The van der Waals surface area contributed by atoms with Crippen LogP contribution in [0.5, 0.6) is 0 Å². The smallest absolute Gasteiger partial charge is 0.263 e. The number of halogens is 3. The van der Waals surface area contributed by atoms with Crippen molar-refractivity contribution >= 4 is 72.3 Å². The molecular formula is C20H12BrCl2N3O2S. The molecule has 0 aliphatic carbocycles. The van der Waals surface area contributed by atoms with Crippen molar-refractivity contribution in [3.63, 3.8) is 0 Å². The van der Waals surface area contributed by atoms with E-state index in [0.717, 1.165) is 15.6 Å². The molecule has 0 unspecified atom stereocenters. The second-order valence-electron chi connectivity index (χ2n) is 6.19. The lowest BCUT2D eigenvalue weighted by atomic mass is 10.1. The van der Waals surface area contributed by atoms with Crippen LogP contribution in [0.2, 0.25) is 10.0 Å². The first-order valence-corrected chi connectivity index (χ1v) is 10.8. The van der Waals surface area contributed by atoms with Gasteiger partial charge < -0.3 is 5.32 Å². The maximum absolute atomic E-state index is 13.1. The molecule has 29 heavy (non-hydrogen) atoms. The average Bonchev–Trinajstić information content (AvgIpc) is 3.12. The molecular weight excluding hydrogens is 497 g/mol. The van der Waals surface area contributed by atoms with Gasteiger partial charge >= 0.3 is 0 Å². The van der Waals surface area contributed by atoms with E-state index in [4.69, 9.17) is 23.2 Å². The zero-order valence-corrected chi connectivity index (χ0v) is 18.6. The molecule has 0 fully saturated rings. The first-order chi connectivity index (χ1) is 13.9. The number of fused-ring (bicyclic) bond motifs is 1. The topological polar surface area (TPSA) is 64.0 Å². The van der Waals surface area contributed by atoms with Crippen LogP contribution < -0.4 is 10.9 Å². The number of aromatic nitrogens is 2. The monoisotopic (exact) mass is 507 g/mol. The van der Waals surface area contributed by atoms with Gasteiger partial charge in [-0.05, 0) is 35.9 Å². The summed E-state index contributed by atoms with van der Waals surface area (Å²) in [5.74, 6) is -0.405. The summed E-state index contributed by atoms with van der Waals surface area (Å²) in [6.45, 7) is -0.194. The largest absolute Gasteiger partial charge is 0.323 e. The van der Waals surface area contributed by atoms with E-state index in [1.54, 1.807) is 18.2 Å². The van der Waals surface area contributed by atoms with Crippen LogP contribution in [0, 0.1) is 0 Å². The van der Waals surface area contributed by atoms with Crippen molar-refractivity contribution in [1.29, 1.82) is 0 Å². The molecule has 146 valence electrons. The minimum Gasteiger partial charge on any atom is -0.323 e. The predicted molar refractivity (Wildman–Crippen MR) is 122 cm³/mol.